The number of para-hydroxylation sites is 3. The number of nitrogens with zero attached hydrogens (tertiary/aromatic N) is 1. The summed E-state index contributed by atoms with van der Waals surface area (Å²) in [5.74, 6) is -1.28. The van der Waals surface area contributed by atoms with Gasteiger partial charge in [0.1, 0.15) is 29.8 Å². The van der Waals surface area contributed by atoms with Gasteiger partial charge in [-0.2, -0.15) is 0 Å². The molecule has 3 aromatic rings. The molecule has 0 spiro atoms. The number of unbranched alkanes of at least 4 members (excludes halogenated alkanes) is 2. The predicted octanol–water partition coefficient (Wildman–Crippen LogP) is 2.42. The number of ketones is 1. The lowest BCUT2D eigenvalue weighted by Gasteiger charge is -2.34. The molecular formula is C34H42N2O13S. The van der Waals surface area contributed by atoms with Crippen LogP contribution in [0.25, 0.3) is 0 Å². The second-order valence-corrected chi connectivity index (χ2v) is 12.6. The lowest BCUT2D eigenvalue weighted by molar-refractivity contribution is -0.219. The summed E-state index contributed by atoms with van der Waals surface area (Å²) >= 11 is 0. The van der Waals surface area contributed by atoms with Crippen molar-refractivity contribution in [2.24, 2.45) is 0 Å². The van der Waals surface area contributed by atoms with Crippen LogP contribution in [0.2, 0.25) is 0 Å². The summed E-state index contributed by atoms with van der Waals surface area (Å²) in [6.45, 7) is 0.400. The number of anilines is 1. The molecule has 0 bridgehead atoms. The highest BCUT2D eigenvalue weighted by atomic mass is 32.3. The van der Waals surface area contributed by atoms with Crippen molar-refractivity contribution in [1.29, 1.82) is 0 Å². The summed E-state index contributed by atoms with van der Waals surface area (Å²) in [5, 5.41) is 32.2. The molecule has 1 aliphatic rings. The van der Waals surface area contributed by atoms with Gasteiger partial charge in [-0.15, -0.1) is 8.42 Å². The van der Waals surface area contributed by atoms with Gasteiger partial charge in [0.15, 0.2) is 17.2 Å². The summed E-state index contributed by atoms with van der Waals surface area (Å²) in [6, 6.07) is 17.5. The number of benzene rings is 3. The third kappa shape index (κ3) is 10.5. The molecule has 3 aromatic carbocycles. The average molecular weight is 719 g/mol. The minimum Gasteiger partial charge on any atom is -0.496 e. The van der Waals surface area contributed by atoms with E-state index >= 15 is 0 Å². The number of methoxy groups -OCH3 is 2. The van der Waals surface area contributed by atoms with Crippen LogP contribution < -0.4 is 27.9 Å². The van der Waals surface area contributed by atoms with Crippen LogP contribution in [0.4, 0.5) is 5.69 Å². The lowest BCUT2D eigenvalue weighted by Crippen LogP contribution is -2.57. The number of Topliss-reactive ketones (excluding diaryl/α,β-unsaturated/α-hetero) is 1. The molecule has 16 heteroatoms. The van der Waals surface area contributed by atoms with E-state index in [1.165, 1.54) is 50.6 Å². The van der Waals surface area contributed by atoms with E-state index in [9.17, 15) is 33.3 Å². The molecule has 15 nitrogen and oxygen atoms in total. The van der Waals surface area contributed by atoms with Gasteiger partial charge in [0.05, 0.1) is 26.4 Å². The SMILES string of the molecule is COc1cc(OS(=O)(=O)Oc2ccccc2OC2O[C@H](CO)[C@H](O)[C@H](O)C2=O)cc(OC)c1CN(C)CCCCCC(=O)Nc1ccccc1. The molecule has 0 radical (unpaired) electrons. The zero-order chi connectivity index (χ0) is 36.3. The van der Waals surface area contributed by atoms with Crippen LogP contribution >= 0.6 is 0 Å². The minimum absolute atomic E-state index is 0.0315. The zero-order valence-corrected chi connectivity index (χ0v) is 28.7. The monoisotopic (exact) mass is 718 g/mol. The zero-order valence-electron chi connectivity index (χ0n) is 27.9. The van der Waals surface area contributed by atoms with Crippen LogP contribution in [0.3, 0.4) is 0 Å². The largest absolute Gasteiger partial charge is 0.501 e. The number of hydrogen-bond donors (Lipinski definition) is 4. The van der Waals surface area contributed by atoms with Gasteiger partial charge in [-0.1, -0.05) is 36.8 Å². The van der Waals surface area contributed by atoms with Gasteiger partial charge in [-0.25, -0.2) is 0 Å². The Kier molecular flexibility index (Phi) is 13.8. The Balaban J connectivity index is 1.35. The van der Waals surface area contributed by atoms with Crippen molar-refractivity contribution >= 4 is 27.8 Å². The molecule has 4 N–H and O–H groups in total. The van der Waals surface area contributed by atoms with Gasteiger partial charge in [0.2, 0.25) is 11.7 Å². The van der Waals surface area contributed by atoms with Crippen molar-refractivity contribution < 1.29 is 60.6 Å². The number of amides is 1. The van der Waals surface area contributed by atoms with Crippen LogP contribution in [-0.2, 0) is 31.3 Å². The van der Waals surface area contributed by atoms with Crippen molar-refractivity contribution in [1.82, 2.24) is 4.90 Å². The van der Waals surface area contributed by atoms with Gasteiger partial charge >= 0.3 is 10.4 Å². The van der Waals surface area contributed by atoms with Crippen molar-refractivity contribution in [3.63, 3.8) is 0 Å². The van der Waals surface area contributed by atoms with E-state index < -0.39 is 47.4 Å². The standard InChI is InChI=1S/C34H42N2O13S/c1-36(17-11-5-8-16-30(38)35-22-12-6-4-7-13-22)20-24-27(44-2)18-23(19-28(24)45-3)48-50(42,43)49-26-15-10-9-14-25(26)46-34-33(41)32(40)31(39)29(21-37)47-34/h4,6-7,9-10,12-15,18-19,29,31-32,34,37,39-40H,5,8,11,16-17,20-21H2,1-3H3,(H,35,38)/t29-,31+,32+,34?/m1/s1. The van der Waals surface area contributed by atoms with Gasteiger partial charge < -0.3 is 52.8 Å². The second kappa shape index (κ2) is 18.0. The highest BCUT2D eigenvalue weighted by Crippen LogP contribution is 2.37. The minimum atomic E-state index is -4.81. The van der Waals surface area contributed by atoms with E-state index in [2.05, 4.69) is 5.32 Å². The van der Waals surface area contributed by atoms with Crippen molar-refractivity contribution in [2.75, 3.05) is 39.7 Å². The number of nitrogens with one attached hydrogen (secondary N) is 1. The van der Waals surface area contributed by atoms with Crippen LogP contribution in [0, 0.1) is 0 Å². The Hall–Kier alpha value is -4.45. The molecule has 1 fully saturated rings. The molecule has 1 heterocycles. The Bertz CT molecular complexity index is 1660. The quantitative estimate of drug-likeness (QED) is 0.140. The lowest BCUT2D eigenvalue weighted by atomic mass is 10.0. The maximum Gasteiger partial charge on any atom is 0.501 e. The first kappa shape index (κ1) is 38.4. The third-order valence-electron chi connectivity index (χ3n) is 7.69. The summed E-state index contributed by atoms with van der Waals surface area (Å²) in [6.07, 6.45) is -3.83. The highest BCUT2D eigenvalue weighted by Gasteiger charge is 2.44. The average Bonchev–Trinajstić information content (AvgIpc) is 3.09. The number of hydrogen-bond acceptors (Lipinski definition) is 14. The molecule has 1 amide bonds. The Morgan fingerprint density at radius 2 is 1.54 bits per heavy atom. The molecule has 0 aromatic heterocycles. The van der Waals surface area contributed by atoms with Gasteiger partial charge in [0.25, 0.3) is 6.29 Å². The number of carbonyl (C=O) groups is 2. The second-order valence-electron chi connectivity index (χ2n) is 11.4. The van der Waals surface area contributed by atoms with Crippen LogP contribution in [0.15, 0.2) is 66.7 Å². The van der Waals surface area contributed by atoms with E-state index in [0.717, 1.165) is 24.9 Å². The molecular weight excluding hydrogens is 676 g/mol. The number of rotatable bonds is 18. The van der Waals surface area contributed by atoms with E-state index in [4.69, 9.17) is 27.3 Å². The topological polar surface area (TPSA) is 200 Å². The number of carbonyl (C=O) groups excluding carboxylic acids is 2. The molecule has 1 saturated heterocycles. The van der Waals surface area contributed by atoms with Crippen molar-refractivity contribution in [3.05, 3.63) is 72.3 Å². The normalized spacial score (nSPS) is 19.1. The fourth-order valence-corrected chi connectivity index (χ4v) is 5.86. The highest BCUT2D eigenvalue weighted by molar-refractivity contribution is 7.82. The molecule has 1 unspecified atom stereocenters. The molecule has 50 heavy (non-hydrogen) atoms. The van der Waals surface area contributed by atoms with Gasteiger partial charge in [-0.05, 0) is 50.7 Å². The fraction of sp³-hybridized carbons (Fsp3) is 0.412. The Morgan fingerprint density at radius 3 is 2.18 bits per heavy atom. The predicted molar refractivity (Wildman–Crippen MR) is 179 cm³/mol. The molecule has 0 aliphatic carbocycles. The fourth-order valence-electron chi connectivity index (χ4n) is 5.13. The van der Waals surface area contributed by atoms with Gasteiger partial charge in [0, 0.05) is 30.8 Å². The first-order chi connectivity index (χ1) is 23.9. The van der Waals surface area contributed by atoms with Crippen molar-refractivity contribution in [3.8, 4) is 28.7 Å². The van der Waals surface area contributed by atoms with E-state index in [1.54, 1.807) is 0 Å². The smallest absolute Gasteiger partial charge is 0.496 e. The first-order valence-corrected chi connectivity index (χ1v) is 17.1. The van der Waals surface area contributed by atoms with Crippen LogP contribution in [0.5, 0.6) is 28.7 Å². The van der Waals surface area contributed by atoms with E-state index in [1.807, 2.05) is 42.3 Å². The summed E-state index contributed by atoms with van der Waals surface area (Å²) in [4.78, 5) is 26.7. The molecule has 4 atom stereocenters. The maximum atomic E-state index is 13.0. The third-order valence-corrected chi connectivity index (χ3v) is 8.47. The van der Waals surface area contributed by atoms with Crippen LogP contribution in [0.1, 0.15) is 31.2 Å². The number of aliphatic hydroxyl groups is 3. The Labute approximate surface area is 290 Å². The van der Waals surface area contributed by atoms with Crippen molar-refractivity contribution in [2.45, 2.75) is 56.8 Å². The number of aliphatic hydroxyl groups excluding tert-OH is 3. The summed E-state index contributed by atoms with van der Waals surface area (Å²) in [7, 11) is -0.0461. The maximum absolute atomic E-state index is 13.0. The van der Waals surface area contributed by atoms with E-state index in [0.29, 0.717) is 36.6 Å². The van der Waals surface area contributed by atoms with E-state index in [-0.39, 0.29) is 23.2 Å². The first-order valence-electron chi connectivity index (χ1n) is 15.8. The summed E-state index contributed by atoms with van der Waals surface area (Å²) < 4.78 is 58.2. The Morgan fingerprint density at radius 1 is 0.900 bits per heavy atom. The van der Waals surface area contributed by atoms with Gasteiger partial charge in [-0.3, -0.25) is 9.59 Å². The van der Waals surface area contributed by atoms with Crippen LogP contribution in [-0.4, -0.2) is 99.3 Å². The molecule has 1 aliphatic heterocycles. The molecule has 0 saturated carbocycles. The molecule has 272 valence electrons. The molecule has 4 rings (SSSR count). The summed E-state index contributed by atoms with van der Waals surface area (Å²) in [5.41, 5.74) is 1.42. The number of ether oxygens (including phenoxy) is 4.